The first-order valence-corrected chi connectivity index (χ1v) is 7.87. The van der Waals surface area contributed by atoms with E-state index in [2.05, 4.69) is 0 Å². The fourth-order valence-electron chi connectivity index (χ4n) is 3.08. The zero-order valence-corrected chi connectivity index (χ0v) is 14.1. The summed E-state index contributed by atoms with van der Waals surface area (Å²) in [6, 6.07) is 6.48. The molecule has 2 heterocycles. The van der Waals surface area contributed by atoms with E-state index in [1.165, 1.54) is 6.07 Å². The molecule has 5 heteroatoms. The van der Waals surface area contributed by atoms with Crippen molar-refractivity contribution in [2.45, 2.75) is 45.3 Å². The van der Waals surface area contributed by atoms with Gasteiger partial charge in [-0.1, -0.05) is 6.08 Å². The minimum atomic E-state index is -1.07. The smallest absolute Gasteiger partial charge is 0.336 e. The lowest BCUT2D eigenvalue weighted by Crippen LogP contribution is -2.51. The van der Waals surface area contributed by atoms with Gasteiger partial charge in [-0.25, -0.2) is 4.79 Å². The molecule has 3 rings (SSSR count). The van der Waals surface area contributed by atoms with Gasteiger partial charge in [-0.05, 0) is 51.5 Å². The molecule has 1 aliphatic heterocycles. The number of hydrogen-bond acceptors (Lipinski definition) is 5. The fraction of sp³-hybridized carbons (Fsp3) is 0.368. The van der Waals surface area contributed by atoms with E-state index >= 15 is 0 Å². The third kappa shape index (κ3) is 2.45. The number of benzene rings is 1. The highest BCUT2D eigenvalue weighted by atomic mass is 16.5. The Hall–Kier alpha value is -2.40. The molecule has 1 aromatic carbocycles. The van der Waals surface area contributed by atoms with Crippen LogP contribution in [0.2, 0.25) is 0 Å². The van der Waals surface area contributed by atoms with E-state index in [4.69, 9.17) is 9.15 Å². The fourth-order valence-corrected chi connectivity index (χ4v) is 3.08. The number of ether oxygens (including phenoxy) is 1. The summed E-state index contributed by atoms with van der Waals surface area (Å²) in [5.41, 5.74) is -0.188. The lowest BCUT2D eigenvalue weighted by atomic mass is 9.77. The van der Waals surface area contributed by atoms with E-state index in [1.54, 1.807) is 52.0 Å². The summed E-state index contributed by atoms with van der Waals surface area (Å²) in [5, 5.41) is 11.5. The molecule has 0 amide bonds. The number of fused-ring (bicyclic) bond motifs is 3. The highest BCUT2D eigenvalue weighted by Crippen LogP contribution is 2.45. The number of aliphatic hydroxyl groups excluding tert-OH is 1. The van der Waals surface area contributed by atoms with Crippen LogP contribution in [-0.2, 0) is 4.79 Å². The monoisotopic (exact) mass is 328 g/mol. The van der Waals surface area contributed by atoms with Crippen LogP contribution in [0.15, 0.2) is 45.1 Å². The van der Waals surface area contributed by atoms with Gasteiger partial charge in [0.2, 0.25) is 0 Å². The van der Waals surface area contributed by atoms with Crippen molar-refractivity contribution in [3.8, 4) is 5.75 Å². The van der Waals surface area contributed by atoms with Gasteiger partial charge in [0.25, 0.3) is 0 Å². The Labute approximate surface area is 139 Å². The van der Waals surface area contributed by atoms with Gasteiger partial charge in [-0.15, -0.1) is 0 Å². The quantitative estimate of drug-likeness (QED) is 0.677. The van der Waals surface area contributed by atoms with Crippen LogP contribution in [0.1, 0.15) is 39.2 Å². The topological polar surface area (TPSA) is 76.7 Å². The van der Waals surface area contributed by atoms with E-state index in [9.17, 15) is 14.7 Å². The maximum Gasteiger partial charge on any atom is 0.336 e. The summed E-state index contributed by atoms with van der Waals surface area (Å²) < 4.78 is 11.2. The summed E-state index contributed by atoms with van der Waals surface area (Å²) in [5.74, 6) is -0.606. The molecule has 0 unspecified atom stereocenters. The predicted molar refractivity (Wildman–Crippen MR) is 90.4 cm³/mol. The first kappa shape index (κ1) is 16.5. The zero-order chi connectivity index (χ0) is 17.6. The van der Waals surface area contributed by atoms with Gasteiger partial charge in [-0.2, -0.15) is 0 Å². The predicted octanol–water partition coefficient (Wildman–Crippen LogP) is 2.94. The highest BCUT2D eigenvalue weighted by molar-refractivity contribution is 6.03. The van der Waals surface area contributed by atoms with Crippen molar-refractivity contribution in [3.63, 3.8) is 0 Å². The lowest BCUT2D eigenvalue weighted by molar-refractivity contribution is -0.126. The average molecular weight is 328 g/mol. The van der Waals surface area contributed by atoms with Crippen molar-refractivity contribution in [2.75, 3.05) is 0 Å². The molecule has 1 N–H and O–H groups in total. The second-order valence-corrected chi connectivity index (χ2v) is 6.61. The Bertz CT molecular complexity index is 904. The van der Waals surface area contributed by atoms with E-state index in [1.807, 2.05) is 0 Å². The van der Waals surface area contributed by atoms with Crippen LogP contribution in [-0.4, -0.2) is 22.6 Å². The number of carbonyl (C=O) groups is 1. The molecular formula is C19H20O5. The van der Waals surface area contributed by atoms with Crippen LogP contribution < -0.4 is 10.4 Å². The van der Waals surface area contributed by atoms with E-state index in [0.717, 1.165) is 0 Å². The molecule has 1 aromatic heterocycles. The number of ketones is 1. The average Bonchev–Trinajstić information content (AvgIpc) is 2.54. The van der Waals surface area contributed by atoms with E-state index < -0.39 is 23.2 Å². The van der Waals surface area contributed by atoms with Crippen molar-refractivity contribution in [1.82, 2.24) is 0 Å². The Morgan fingerprint density at radius 2 is 1.92 bits per heavy atom. The molecule has 0 bridgehead atoms. The van der Waals surface area contributed by atoms with Gasteiger partial charge in [0, 0.05) is 11.5 Å². The zero-order valence-electron chi connectivity index (χ0n) is 14.1. The second-order valence-electron chi connectivity index (χ2n) is 6.61. The van der Waals surface area contributed by atoms with E-state index in [0.29, 0.717) is 22.3 Å². The van der Waals surface area contributed by atoms with Gasteiger partial charge in [0.1, 0.15) is 23.0 Å². The number of allylic oxidation sites excluding steroid dienone is 2. The first-order chi connectivity index (χ1) is 11.3. The molecule has 24 heavy (non-hydrogen) atoms. The van der Waals surface area contributed by atoms with Crippen LogP contribution in [0, 0.1) is 0 Å². The maximum atomic E-state index is 12.9. The Balaban J connectivity index is 2.35. The Morgan fingerprint density at radius 1 is 1.25 bits per heavy atom. The lowest BCUT2D eigenvalue weighted by Gasteiger charge is -2.41. The molecule has 0 fully saturated rings. The summed E-state index contributed by atoms with van der Waals surface area (Å²) in [6.07, 6.45) is 0.641. The summed E-state index contributed by atoms with van der Waals surface area (Å²) in [4.78, 5) is 24.6. The standard InChI is InChI=1S/C19H20O5/c1-5-10(2)16(21)15-14-12(24-19(3,4)18(15)22)8-6-11-7-9-13(20)23-17(11)14/h5-9,15,18,22H,1-4H3/b10-5+/t15-,18+/m0/s1. The molecule has 1 aliphatic rings. The van der Waals surface area contributed by atoms with Crippen LogP contribution in [0.3, 0.4) is 0 Å². The number of Topliss-reactive ketones (excluding diaryl/α,β-unsaturated/α-hetero) is 1. The van der Waals surface area contributed by atoms with Crippen molar-refractivity contribution >= 4 is 16.8 Å². The van der Waals surface area contributed by atoms with Gasteiger partial charge >= 0.3 is 5.63 Å². The third-order valence-electron chi connectivity index (χ3n) is 4.60. The Morgan fingerprint density at radius 3 is 2.58 bits per heavy atom. The molecule has 0 saturated heterocycles. The molecule has 0 aliphatic carbocycles. The summed E-state index contributed by atoms with van der Waals surface area (Å²) in [7, 11) is 0. The van der Waals surface area contributed by atoms with Crippen LogP contribution in [0.25, 0.3) is 11.0 Å². The van der Waals surface area contributed by atoms with Crippen molar-refractivity contribution in [1.29, 1.82) is 0 Å². The minimum absolute atomic E-state index is 0.207. The van der Waals surface area contributed by atoms with Crippen LogP contribution in [0.5, 0.6) is 5.75 Å². The maximum absolute atomic E-state index is 12.9. The summed E-state index contributed by atoms with van der Waals surface area (Å²) in [6.45, 7) is 6.95. The SMILES string of the molecule is C/C=C(\C)C(=O)[C@@H]1c2c(ccc3ccc(=O)oc23)OC(C)(C)[C@@H]1O. The van der Waals surface area contributed by atoms with Gasteiger partial charge in [0.05, 0.1) is 11.5 Å². The minimum Gasteiger partial charge on any atom is -0.485 e. The van der Waals surface area contributed by atoms with Crippen molar-refractivity contribution in [3.05, 3.63) is 51.9 Å². The van der Waals surface area contributed by atoms with Crippen molar-refractivity contribution < 1.29 is 19.1 Å². The number of hydrogen-bond donors (Lipinski definition) is 1. The van der Waals surface area contributed by atoms with Crippen molar-refractivity contribution in [2.24, 2.45) is 0 Å². The normalized spacial score (nSPS) is 22.8. The van der Waals surface area contributed by atoms with Crippen LogP contribution in [0.4, 0.5) is 0 Å². The van der Waals surface area contributed by atoms with Crippen LogP contribution >= 0.6 is 0 Å². The first-order valence-electron chi connectivity index (χ1n) is 7.87. The molecule has 2 aromatic rings. The molecule has 0 spiro atoms. The third-order valence-corrected chi connectivity index (χ3v) is 4.60. The summed E-state index contributed by atoms with van der Waals surface area (Å²) >= 11 is 0. The molecule has 0 saturated carbocycles. The van der Waals surface area contributed by atoms with E-state index in [-0.39, 0.29) is 11.4 Å². The molecular weight excluding hydrogens is 308 g/mol. The second kappa shape index (κ2) is 5.60. The number of carbonyl (C=O) groups excluding carboxylic acids is 1. The molecule has 0 radical (unpaired) electrons. The largest absolute Gasteiger partial charge is 0.485 e. The highest BCUT2D eigenvalue weighted by Gasteiger charge is 2.47. The molecule has 126 valence electrons. The number of rotatable bonds is 2. The van der Waals surface area contributed by atoms with Gasteiger partial charge in [-0.3, -0.25) is 4.79 Å². The Kier molecular flexibility index (Phi) is 3.84. The number of aliphatic hydroxyl groups is 1. The molecule has 2 atom stereocenters. The molecule has 5 nitrogen and oxygen atoms in total. The van der Waals surface area contributed by atoms with Gasteiger partial charge < -0.3 is 14.3 Å². The van der Waals surface area contributed by atoms with Gasteiger partial charge in [0.15, 0.2) is 5.78 Å².